The summed E-state index contributed by atoms with van der Waals surface area (Å²) in [6, 6.07) is -0.244. The van der Waals surface area contributed by atoms with Crippen molar-refractivity contribution in [1.82, 2.24) is 5.32 Å². The van der Waals surface area contributed by atoms with E-state index in [1.54, 1.807) is 7.05 Å². The molecule has 1 saturated carbocycles. The first kappa shape index (κ1) is 15.4. The monoisotopic (exact) mass is 257 g/mol. The number of likely N-dealkylation sites (N-methyl/N-ethyl adjacent to an activating group) is 1. The Morgan fingerprint density at radius 1 is 1.44 bits per heavy atom. The van der Waals surface area contributed by atoms with E-state index in [0.29, 0.717) is 25.7 Å². The molecule has 4 nitrogen and oxygen atoms in total. The van der Waals surface area contributed by atoms with Crippen LogP contribution in [0, 0.1) is 5.92 Å². The van der Waals surface area contributed by atoms with E-state index in [0.717, 1.165) is 18.8 Å². The highest BCUT2D eigenvalue weighted by atomic mass is 16.5. The van der Waals surface area contributed by atoms with Crippen LogP contribution in [-0.4, -0.2) is 38.4 Å². The summed E-state index contributed by atoms with van der Waals surface area (Å²) in [4.78, 5) is 11.6. The summed E-state index contributed by atoms with van der Waals surface area (Å²) in [6.07, 6.45) is 5.96. The molecule has 1 fully saturated rings. The van der Waals surface area contributed by atoms with Gasteiger partial charge >= 0.3 is 5.97 Å². The molecular weight excluding hydrogens is 230 g/mol. The smallest absolute Gasteiger partial charge is 0.323 e. The van der Waals surface area contributed by atoms with Gasteiger partial charge in [0.15, 0.2) is 0 Å². The van der Waals surface area contributed by atoms with E-state index in [9.17, 15) is 4.79 Å². The number of carbonyl (C=O) groups excluding carboxylic acids is 1. The summed E-state index contributed by atoms with van der Waals surface area (Å²) in [5.74, 6) is 0.592. The number of carbonyl (C=O) groups is 1. The second-order valence-electron chi connectivity index (χ2n) is 5.15. The summed E-state index contributed by atoms with van der Waals surface area (Å²) >= 11 is 0. The fraction of sp³-hybridized carbons (Fsp3) is 0.929. The lowest BCUT2D eigenvalue weighted by Crippen LogP contribution is -2.37. The summed E-state index contributed by atoms with van der Waals surface area (Å²) in [7, 11) is 1.78. The third kappa shape index (κ3) is 5.36. The largest absolute Gasteiger partial charge is 0.465 e. The molecule has 106 valence electrons. The van der Waals surface area contributed by atoms with Crippen molar-refractivity contribution < 1.29 is 14.3 Å². The predicted octanol–water partition coefficient (Wildman–Crippen LogP) is 2.12. The van der Waals surface area contributed by atoms with Crippen LogP contribution in [0.25, 0.3) is 0 Å². The number of esters is 1. The molecule has 3 unspecified atom stereocenters. The second kappa shape index (κ2) is 8.48. The van der Waals surface area contributed by atoms with Gasteiger partial charge in [-0.1, -0.05) is 19.8 Å². The fourth-order valence-electron chi connectivity index (χ4n) is 2.51. The summed E-state index contributed by atoms with van der Waals surface area (Å²) in [5.41, 5.74) is 0. The fourth-order valence-corrected chi connectivity index (χ4v) is 2.51. The van der Waals surface area contributed by atoms with Crippen LogP contribution in [0.5, 0.6) is 0 Å². The van der Waals surface area contributed by atoms with E-state index in [2.05, 4.69) is 12.2 Å². The van der Waals surface area contributed by atoms with Gasteiger partial charge in [-0.3, -0.25) is 4.79 Å². The van der Waals surface area contributed by atoms with Gasteiger partial charge in [-0.2, -0.15) is 0 Å². The molecule has 18 heavy (non-hydrogen) atoms. The van der Waals surface area contributed by atoms with Crippen molar-refractivity contribution in [3.8, 4) is 0 Å². The van der Waals surface area contributed by atoms with Gasteiger partial charge < -0.3 is 14.8 Å². The third-order valence-electron chi connectivity index (χ3n) is 3.57. The minimum Gasteiger partial charge on any atom is -0.465 e. The standard InChI is InChI=1S/C14H27NO3/c1-4-17-14(16)13(15-3)8-9-18-12-7-5-6-11(2)10-12/h11-13,15H,4-10H2,1-3H3. The lowest BCUT2D eigenvalue weighted by atomic mass is 9.89. The van der Waals surface area contributed by atoms with Crippen molar-refractivity contribution in [2.75, 3.05) is 20.3 Å². The third-order valence-corrected chi connectivity index (χ3v) is 3.57. The Bertz CT molecular complexity index is 245. The van der Waals surface area contributed by atoms with Crippen LogP contribution in [0.1, 0.15) is 46.0 Å². The van der Waals surface area contributed by atoms with Gasteiger partial charge in [-0.25, -0.2) is 0 Å². The highest BCUT2D eigenvalue weighted by Gasteiger charge is 2.21. The molecular formula is C14H27NO3. The number of ether oxygens (including phenoxy) is 2. The zero-order valence-corrected chi connectivity index (χ0v) is 11.9. The zero-order valence-electron chi connectivity index (χ0n) is 11.9. The molecule has 1 aliphatic carbocycles. The lowest BCUT2D eigenvalue weighted by molar-refractivity contribution is -0.146. The van der Waals surface area contributed by atoms with E-state index in [-0.39, 0.29) is 12.0 Å². The summed E-state index contributed by atoms with van der Waals surface area (Å²) < 4.78 is 10.9. The Morgan fingerprint density at radius 2 is 2.22 bits per heavy atom. The molecule has 1 N–H and O–H groups in total. The molecule has 0 amide bonds. The van der Waals surface area contributed by atoms with E-state index in [4.69, 9.17) is 9.47 Å². The molecule has 0 aromatic heterocycles. The molecule has 0 saturated heterocycles. The summed E-state index contributed by atoms with van der Waals surface area (Å²) in [6.45, 7) is 5.16. The molecule has 0 spiro atoms. The Kier molecular flexibility index (Phi) is 7.28. The van der Waals surface area contributed by atoms with Crippen molar-refractivity contribution in [2.45, 2.75) is 58.1 Å². The average molecular weight is 257 g/mol. The average Bonchev–Trinajstić information content (AvgIpc) is 2.35. The predicted molar refractivity (Wildman–Crippen MR) is 71.5 cm³/mol. The topological polar surface area (TPSA) is 47.6 Å². The lowest BCUT2D eigenvalue weighted by Gasteiger charge is -2.27. The van der Waals surface area contributed by atoms with Crippen LogP contribution in [0.3, 0.4) is 0 Å². The highest BCUT2D eigenvalue weighted by molar-refractivity contribution is 5.75. The minimum atomic E-state index is -0.244. The second-order valence-corrected chi connectivity index (χ2v) is 5.15. The molecule has 0 aliphatic heterocycles. The zero-order chi connectivity index (χ0) is 13.4. The molecule has 1 rings (SSSR count). The maximum atomic E-state index is 11.6. The van der Waals surface area contributed by atoms with Crippen molar-refractivity contribution in [3.05, 3.63) is 0 Å². The first-order chi connectivity index (χ1) is 8.67. The molecule has 0 aromatic rings. The quantitative estimate of drug-likeness (QED) is 0.710. The van der Waals surface area contributed by atoms with Crippen LogP contribution >= 0.6 is 0 Å². The minimum absolute atomic E-state index is 0.180. The molecule has 0 radical (unpaired) electrons. The molecule has 1 aliphatic rings. The van der Waals surface area contributed by atoms with Crippen LogP contribution in [0.15, 0.2) is 0 Å². The van der Waals surface area contributed by atoms with E-state index >= 15 is 0 Å². The van der Waals surface area contributed by atoms with E-state index in [1.807, 2.05) is 6.92 Å². The normalized spacial score (nSPS) is 25.7. The van der Waals surface area contributed by atoms with Crippen LogP contribution < -0.4 is 5.32 Å². The van der Waals surface area contributed by atoms with E-state index < -0.39 is 0 Å². The van der Waals surface area contributed by atoms with Gasteiger partial charge in [0.05, 0.1) is 12.7 Å². The number of rotatable bonds is 7. The Morgan fingerprint density at radius 3 is 2.83 bits per heavy atom. The van der Waals surface area contributed by atoms with E-state index in [1.165, 1.54) is 12.8 Å². The number of hydrogen-bond donors (Lipinski definition) is 1. The van der Waals surface area contributed by atoms with Crippen molar-refractivity contribution in [2.24, 2.45) is 5.92 Å². The molecule has 0 aromatic carbocycles. The van der Waals surface area contributed by atoms with Gasteiger partial charge in [0, 0.05) is 6.61 Å². The maximum Gasteiger partial charge on any atom is 0.323 e. The first-order valence-corrected chi connectivity index (χ1v) is 7.12. The van der Waals surface area contributed by atoms with Gasteiger partial charge in [-0.15, -0.1) is 0 Å². The molecule has 0 bridgehead atoms. The summed E-state index contributed by atoms with van der Waals surface area (Å²) in [5, 5.41) is 2.98. The Balaban J connectivity index is 2.20. The molecule has 3 atom stereocenters. The van der Waals surface area contributed by atoms with Crippen molar-refractivity contribution in [3.63, 3.8) is 0 Å². The number of nitrogens with one attached hydrogen (secondary N) is 1. The van der Waals surface area contributed by atoms with Gasteiger partial charge in [-0.05, 0) is 39.2 Å². The van der Waals surface area contributed by atoms with Gasteiger partial charge in [0.2, 0.25) is 0 Å². The van der Waals surface area contributed by atoms with Crippen molar-refractivity contribution in [1.29, 1.82) is 0 Å². The first-order valence-electron chi connectivity index (χ1n) is 7.12. The molecule has 4 heteroatoms. The molecule has 0 heterocycles. The maximum absolute atomic E-state index is 11.6. The number of hydrogen-bond acceptors (Lipinski definition) is 4. The van der Waals surface area contributed by atoms with Crippen LogP contribution in [0.2, 0.25) is 0 Å². The Hall–Kier alpha value is -0.610. The van der Waals surface area contributed by atoms with Crippen molar-refractivity contribution >= 4 is 5.97 Å². The highest BCUT2D eigenvalue weighted by Crippen LogP contribution is 2.25. The van der Waals surface area contributed by atoms with Gasteiger partial charge in [0.25, 0.3) is 0 Å². The van der Waals surface area contributed by atoms with Crippen LogP contribution in [0.4, 0.5) is 0 Å². The SMILES string of the molecule is CCOC(=O)C(CCOC1CCCC(C)C1)NC. The van der Waals surface area contributed by atoms with Gasteiger partial charge in [0.1, 0.15) is 6.04 Å². The Labute approximate surface area is 110 Å². The van der Waals surface area contributed by atoms with Crippen LogP contribution in [-0.2, 0) is 14.3 Å².